The fourth-order valence-electron chi connectivity index (χ4n) is 3.06. The van der Waals surface area contributed by atoms with E-state index in [1.807, 2.05) is 45.0 Å². The Labute approximate surface area is 180 Å². The van der Waals surface area contributed by atoms with Gasteiger partial charge in [0.2, 0.25) is 5.91 Å². The molecule has 3 aromatic rings. The van der Waals surface area contributed by atoms with Gasteiger partial charge < -0.3 is 5.32 Å². The van der Waals surface area contributed by atoms with Gasteiger partial charge in [-0.05, 0) is 74.1 Å². The Kier molecular flexibility index (Phi) is 6.56. The molecule has 0 aliphatic rings. The fourth-order valence-corrected chi connectivity index (χ4v) is 3.49. The zero-order valence-corrected chi connectivity index (χ0v) is 18.3. The molecule has 0 fully saturated rings. The number of carbonyl (C=O) groups excluding carboxylic acids is 2. The third kappa shape index (κ3) is 5.07. The Balaban J connectivity index is 2.14. The van der Waals surface area contributed by atoms with Crippen molar-refractivity contribution < 1.29 is 9.59 Å². The number of anilines is 1. The van der Waals surface area contributed by atoms with E-state index in [9.17, 15) is 9.59 Å². The lowest BCUT2D eigenvalue weighted by Gasteiger charge is -2.33. The molecule has 0 unspecified atom stereocenters. The summed E-state index contributed by atoms with van der Waals surface area (Å²) in [7, 11) is 0. The predicted octanol–water partition coefficient (Wildman–Crippen LogP) is 3.80. The predicted molar refractivity (Wildman–Crippen MR) is 117 cm³/mol. The van der Waals surface area contributed by atoms with Crippen LogP contribution < -0.4 is 10.2 Å². The van der Waals surface area contributed by atoms with Gasteiger partial charge in [0.25, 0.3) is 5.91 Å². The number of carbonyl (C=O) groups is 2. The molecule has 1 aromatic carbocycles. The van der Waals surface area contributed by atoms with E-state index in [1.165, 1.54) is 4.90 Å². The molecule has 0 aliphatic carbocycles. The SMILES string of the molecule is CCc1ccc(N(C(=O)c2csnn2)[C@H](C(=O)NC(C)(C)C)c2ccncc2)cc1. The highest BCUT2D eigenvalue weighted by Gasteiger charge is 2.35. The van der Waals surface area contributed by atoms with E-state index in [0.29, 0.717) is 11.3 Å². The van der Waals surface area contributed by atoms with Crippen molar-refractivity contribution >= 4 is 29.0 Å². The van der Waals surface area contributed by atoms with Crippen molar-refractivity contribution in [2.24, 2.45) is 0 Å². The summed E-state index contributed by atoms with van der Waals surface area (Å²) in [5.74, 6) is -0.677. The number of amides is 2. The highest BCUT2D eigenvalue weighted by molar-refractivity contribution is 7.03. The summed E-state index contributed by atoms with van der Waals surface area (Å²) in [4.78, 5) is 32.4. The first kappa shape index (κ1) is 21.6. The van der Waals surface area contributed by atoms with Crippen molar-refractivity contribution in [3.05, 3.63) is 71.0 Å². The summed E-state index contributed by atoms with van der Waals surface area (Å²) in [6, 6.07) is 10.2. The lowest BCUT2D eigenvalue weighted by atomic mass is 10.0. The number of nitrogens with one attached hydrogen (secondary N) is 1. The largest absolute Gasteiger partial charge is 0.349 e. The molecule has 0 radical (unpaired) electrons. The van der Waals surface area contributed by atoms with Crippen LogP contribution in [0.2, 0.25) is 0 Å². The van der Waals surface area contributed by atoms with Crippen LogP contribution in [0.3, 0.4) is 0 Å². The lowest BCUT2D eigenvalue weighted by molar-refractivity contribution is -0.123. The number of nitrogens with zero attached hydrogens (tertiary/aromatic N) is 4. The maximum Gasteiger partial charge on any atom is 0.280 e. The van der Waals surface area contributed by atoms with Crippen molar-refractivity contribution in [3.63, 3.8) is 0 Å². The summed E-state index contributed by atoms with van der Waals surface area (Å²) in [5, 5.41) is 8.53. The van der Waals surface area contributed by atoms with Crippen LogP contribution in [0.1, 0.15) is 55.4 Å². The number of hydrogen-bond acceptors (Lipinski definition) is 6. The molecule has 0 saturated carbocycles. The van der Waals surface area contributed by atoms with Gasteiger partial charge in [0, 0.05) is 29.0 Å². The van der Waals surface area contributed by atoms with E-state index in [2.05, 4.69) is 26.8 Å². The maximum absolute atomic E-state index is 13.5. The lowest BCUT2D eigenvalue weighted by Crippen LogP contribution is -2.49. The molecule has 0 bridgehead atoms. The molecule has 30 heavy (non-hydrogen) atoms. The molecule has 0 spiro atoms. The number of hydrogen-bond donors (Lipinski definition) is 1. The normalized spacial score (nSPS) is 12.3. The summed E-state index contributed by atoms with van der Waals surface area (Å²) in [6.07, 6.45) is 4.10. The number of aryl methyl sites for hydroxylation is 1. The molecule has 1 atom stereocenters. The zero-order chi connectivity index (χ0) is 21.7. The van der Waals surface area contributed by atoms with Crippen LogP contribution >= 0.6 is 11.5 Å². The van der Waals surface area contributed by atoms with Gasteiger partial charge in [0.1, 0.15) is 6.04 Å². The molecule has 2 aromatic heterocycles. The summed E-state index contributed by atoms with van der Waals surface area (Å²) in [5.41, 5.74) is 2.13. The number of rotatable bonds is 6. The average Bonchev–Trinajstić information content (AvgIpc) is 3.26. The minimum Gasteiger partial charge on any atom is -0.349 e. The van der Waals surface area contributed by atoms with Gasteiger partial charge in [-0.3, -0.25) is 19.5 Å². The van der Waals surface area contributed by atoms with E-state index in [4.69, 9.17) is 0 Å². The number of aromatic nitrogens is 3. The quantitative estimate of drug-likeness (QED) is 0.652. The first-order valence-electron chi connectivity index (χ1n) is 9.71. The number of pyridine rings is 1. The Morgan fingerprint density at radius 2 is 1.77 bits per heavy atom. The Morgan fingerprint density at radius 1 is 1.10 bits per heavy atom. The molecule has 1 N–H and O–H groups in total. The molecule has 8 heteroatoms. The second-order valence-corrected chi connectivity index (χ2v) is 8.52. The molecular weight excluding hydrogens is 398 g/mol. The molecule has 0 aliphatic heterocycles. The summed E-state index contributed by atoms with van der Waals surface area (Å²) in [6.45, 7) is 7.78. The van der Waals surface area contributed by atoms with Crippen LogP contribution in [0.5, 0.6) is 0 Å². The number of benzene rings is 1. The zero-order valence-electron chi connectivity index (χ0n) is 17.5. The van der Waals surface area contributed by atoms with Gasteiger partial charge in [-0.1, -0.05) is 23.5 Å². The third-order valence-corrected chi connectivity index (χ3v) is 4.95. The van der Waals surface area contributed by atoms with E-state index in [1.54, 1.807) is 29.9 Å². The Bertz CT molecular complexity index is 983. The van der Waals surface area contributed by atoms with Gasteiger partial charge in [-0.25, -0.2) is 0 Å². The van der Waals surface area contributed by atoms with E-state index in [0.717, 1.165) is 23.5 Å². The van der Waals surface area contributed by atoms with Crippen LogP contribution in [-0.2, 0) is 11.2 Å². The standard InChI is InChI=1S/C22H25N5O2S/c1-5-15-6-8-17(9-7-15)27(21(29)18-14-30-26-25-18)19(16-10-12-23-13-11-16)20(28)24-22(2,3)4/h6-14,19H,5H2,1-4H3,(H,24,28)/t19-/m0/s1. The first-order valence-corrected chi connectivity index (χ1v) is 10.6. The average molecular weight is 424 g/mol. The van der Waals surface area contributed by atoms with Crippen LogP contribution in [0.15, 0.2) is 54.2 Å². The van der Waals surface area contributed by atoms with Gasteiger partial charge in [0.15, 0.2) is 5.69 Å². The Morgan fingerprint density at radius 3 is 2.30 bits per heavy atom. The smallest absolute Gasteiger partial charge is 0.280 e. The van der Waals surface area contributed by atoms with Crippen molar-refractivity contribution in [2.45, 2.75) is 45.7 Å². The van der Waals surface area contributed by atoms with Gasteiger partial charge >= 0.3 is 0 Å². The van der Waals surface area contributed by atoms with Gasteiger partial charge in [0.05, 0.1) is 0 Å². The molecule has 2 heterocycles. The van der Waals surface area contributed by atoms with Crippen molar-refractivity contribution in [1.29, 1.82) is 0 Å². The molecule has 3 rings (SSSR count). The Hall–Kier alpha value is -3.13. The van der Waals surface area contributed by atoms with Crippen LogP contribution in [0.25, 0.3) is 0 Å². The monoisotopic (exact) mass is 423 g/mol. The van der Waals surface area contributed by atoms with Crippen molar-refractivity contribution in [3.8, 4) is 0 Å². The van der Waals surface area contributed by atoms with Crippen LogP contribution in [-0.4, -0.2) is 31.9 Å². The second-order valence-electron chi connectivity index (χ2n) is 7.91. The maximum atomic E-state index is 13.5. The van der Waals surface area contributed by atoms with E-state index in [-0.39, 0.29) is 17.5 Å². The topological polar surface area (TPSA) is 88.1 Å². The third-order valence-electron chi connectivity index (χ3n) is 4.45. The molecule has 0 saturated heterocycles. The summed E-state index contributed by atoms with van der Waals surface area (Å²) >= 11 is 1.09. The van der Waals surface area contributed by atoms with Crippen LogP contribution in [0.4, 0.5) is 5.69 Å². The highest BCUT2D eigenvalue weighted by Crippen LogP contribution is 2.30. The van der Waals surface area contributed by atoms with E-state index < -0.39 is 11.6 Å². The second kappa shape index (κ2) is 9.13. The van der Waals surface area contributed by atoms with Gasteiger partial charge in [-0.15, -0.1) is 5.10 Å². The van der Waals surface area contributed by atoms with Crippen molar-refractivity contribution in [1.82, 2.24) is 19.9 Å². The first-order chi connectivity index (χ1) is 14.3. The van der Waals surface area contributed by atoms with Crippen LogP contribution in [0, 0.1) is 0 Å². The fraction of sp³-hybridized carbons (Fsp3) is 0.318. The highest BCUT2D eigenvalue weighted by atomic mass is 32.1. The minimum absolute atomic E-state index is 0.196. The molecule has 2 amide bonds. The van der Waals surface area contributed by atoms with Gasteiger partial charge in [-0.2, -0.15) is 0 Å². The molecular formula is C22H25N5O2S. The van der Waals surface area contributed by atoms with E-state index >= 15 is 0 Å². The molecule has 7 nitrogen and oxygen atoms in total. The van der Waals surface area contributed by atoms with Crippen molar-refractivity contribution in [2.75, 3.05) is 4.90 Å². The minimum atomic E-state index is -0.895. The summed E-state index contributed by atoms with van der Waals surface area (Å²) < 4.78 is 3.82. The molecule has 156 valence electrons.